The van der Waals surface area contributed by atoms with E-state index in [2.05, 4.69) is 31.3 Å². The molecule has 6 nitrogen and oxygen atoms in total. The van der Waals surface area contributed by atoms with Crippen LogP contribution in [-0.2, 0) is 14.3 Å². The maximum atomic E-state index is 12.5. The molecule has 0 fully saturated rings. The molecule has 0 radical (unpaired) electrons. The van der Waals surface area contributed by atoms with Crippen molar-refractivity contribution in [3.63, 3.8) is 0 Å². The Labute approximate surface area is 481 Å². The van der Waals surface area contributed by atoms with Crippen molar-refractivity contribution in [3.8, 4) is 0 Å². The van der Waals surface area contributed by atoms with E-state index in [1.165, 1.54) is 321 Å². The van der Waals surface area contributed by atoms with E-state index in [4.69, 9.17) is 4.74 Å². The third-order valence-electron chi connectivity index (χ3n) is 16.5. The van der Waals surface area contributed by atoms with Crippen LogP contribution in [-0.4, -0.2) is 47.4 Å². The Hall–Kier alpha value is -1.66. The minimum atomic E-state index is -0.845. The molecule has 0 rings (SSSR count). The zero-order valence-electron chi connectivity index (χ0n) is 52.2. The largest absolute Gasteiger partial charge is 0.466 e. The molecular formula is C71H137NO5. The van der Waals surface area contributed by atoms with Gasteiger partial charge in [0.15, 0.2) is 0 Å². The van der Waals surface area contributed by atoms with Crippen molar-refractivity contribution in [2.45, 2.75) is 405 Å². The highest BCUT2D eigenvalue weighted by Gasteiger charge is 2.18. The highest BCUT2D eigenvalue weighted by Crippen LogP contribution is 2.19. The maximum absolute atomic E-state index is 12.5. The Bertz CT molecular complexity index is 1200. The van der Waals surface area contributed by atoms with Crippen molar-refractivity contribution in [3.05, 3.63) is 24.3 Å². The number of carbonyl (C=O) groups is 2. The molecule has 0 saturated carbocycles. The minimum absolute atomic E-state index is 0.00558. The van der Waals surface area contributed by atoms with Crippen LogP contribution in [0, 0.1) is 0 Å². The number of amides is 1. The van der Waals surface area contributed by atoms with Crippen LogP contribution in [0.4, 0.5) is 0 Å². The number of hydrogen-bond donors (Lipinski definition) is 3. The number of unbranched alkanes of at least 4 members (excludes halogenated alkanes) is 53. The summed E-state index contributed by atoms with van der Waals surface area (Å²) in [6.45, 7) is 4.92. The number of allylic oxidation sites excluding steroid dienone is 3. The predicted octanol–water partition coefficient (Wildman–Crippen LogP) is 22.5. The Morgan fingerprint density at radius 3 is 0.948 bits per heavy atom. The second kappa shape index (κ2) is 66.8. The Morgan fingerprint density at radius 1 is 0.351 bits per heavy atom. The second-order valence-electron chi connectivity index (χ2n) is 24.2. The van der Waals surface area contributed by atoms with E-state index >= 15 is 0 Å². The zero-order valence-corrected chi connectivity index (χ0v) is 52.2. The average molecular weight is 1080 g/mol. The first kappa shape index (κ1) is 75.3. The first-order valence-corrected chi connectivity index (χ1v) is 35.1. The number of rotatable bonds is 66. The SMILES string of the molecule is CCCCC/C=C\CCCCCCCC(=O)OCCCCCCCCCCCCCCCCCCCCCCCCCCC(=O)NC(CO)C(O)/C=C/CCCCCCCCCCCCCCCCCCCCCCCC. The molecule has 0 aliphatic rings. The van der Waals surface area contributed by atoms with E-state index in [9.17, 15) is 19.8 Å². The number of ether oxygens (including phenoxy) is 1. The van der Waals surface area contributed by atoms with Gasteiger partial charge in [-0.05, 0) is 57.8 Å². The van der Waals surface area contributed by atoms with Gasteiger partial charge >= 0.3 is 5.97 Å². The summed E-state index contributed by atoms with van der Waals surface area (Å²) >= 11 is 0. The van der Waals surface area contributed by atoms with Crippen molar-refractivity contribution >= 4 is 11.9 Å². The predicted molar refractivity (Wildman–Crippen MR) is 338 cm³/mol. The molecule has 77 heavy (non-hydrogen) atoms. The average Bonchev–Trinajstić information content (AvgIpc) is 3.43. The summed E-state index contributed by atoms with van der Waals surface area (Å²) in [6, 6.07) is -0.628. The lowest BCUT2D eigenvalue weighted by Gasteiger charge is -2.20. The number of nitrogens with one attached hydrogen (secondary N) is 1. The summed E-state index contributed by atoms with van der Waals surface area (Å²) in [5.74, 6) is -0.0568. The van der Waals surface area contributed by atoms with Crippen molar-refractivity contribution < 1.29 is 24.5 Å². The van der Waals surface area contributed by atoms with E-state index in [-0.39, 0.29) is 18.5 Å². The highest BCUT2D eigenvalue weighted by molar-refractivity contribution is 5.76. The Kier molecular flexibility index (Phi) is 65.4. The first-order chi connectivity index (χ1) is 38.0. The highest BCUT2D eigenvalue weighted by atomic mass is 16.5. The lowest BCUT2D eigenvalue weighted by molar-refractivity contribution is -0.143. The van der Waals surface area contributed by atoms with Gasteiger partial charge in [-0.1, -0.05) is 346 Å². The van der Waals surface area contributed by atoms with Gasteiger partial charge < -0.3 is 20.3 Å². The smallest absolute Gasteiger partial charge is 0.305 e. The summed E-state index contributed by atoms with van der Waals surface area (Å²) in [6.07, 6.45) is 84.0. The molecule has 1 amide bonds. The molecule has 0 heterocycles. The summed E-state index contributed by atoms with van der Waals surface area (Å²) in [4.78, 5) is 24.6. The summed E-state index contributed by atoms with van der Waals surface area (Å²) in [7, 11) is 0. The van der Waals surface area contributed by atoms with Crippen LogP contribution in [0.15, 0.2) is 24.3 Å². The van der Waals surface area contributed by atoms with E-state index in [1.54, 1.807) is 6.08 Å². The molecule has 0 bridgehead atoms. The number of aliphatic hydroxyl groups excluding tert-OH is 2. The Balaban J connectivity index is 3.40. The van der Waals surface area contributed by atoms with Crippen LogP contribution >= 0.6 is 0 Å². The van der Waals surface area contributed by atoms with Crippen molar-refractivity contribution in [1.82, 2.24) is 5.32 Å². The molecule has 0 aromatic rings. The van der Waals surface area contributed by atoms with Gasteiger partial charge in [0.25, 0.3) is 0 Å². The number of carbonyl (C=O) groups excluding carboxylic acids is 2. The van der Waals surface area contributed by atoms with Gasteiger partial charge in [0.2, 0.25) is 5.91 Å². The molecule has 0 aliphatic heterocycles. The summed E-state index contributed by atoms with van der Waals surface area (Å²) < 4.78 is 5.47. The zero-order chi connectivity index (χ0) is 55.7. The van der Waals surface area contributed by atoms with Gasteiger partial charge in [-0.3, -0.25) is 9.59 Å². The van der Waals surface area contributed by atoms with Crippen LogP contribution in [0.5, 0.6) is 0 Å². The third kappa shape index (κ3) is 63.4. The van der Waals surface area contributed by atoms with Gasteiger partial charge in [-0.15, -0.1) is 0 Å². The van der Waals surface area contributed by atoms with Crippen LogP contribution in [0.3, 0.4) is 0 Å². The molecule has 0 aromatic heterocycles. The summed E-state index contributed by atoms with van der Waals surface area (Å²) in [5, 5.41) is 23.3. The van der Waals surface area contributed by atoms with Crippen LogP contribution < -0.4 is 5.32 Å². The van der Waals surface area contributed by atoms with E-state index in [0.29, 0.717) is 19.4 Å². The fraction of sp³-hybridized carbons (Fsp3) is 0.915. The second-order valence-corrected chi connectivity index (χ2v) is 24.2. The first-order valence-electron chi connectivity index (χ1n) is 35.1. The lowest BCUT2D eigenvalue weighted by Crippen LogP contribution is -2.45. The van der Waals surface area contributed by atoms with Crippen LogP contribution in [0.1, 0.15) is 393 Å². The van der Waals surface area contributed by atoms with Crippen LogP contribution in [0.25, 0.3) is 0 Å². The molecule has 2 atom stereocenters. The maximum Gasteiger partial charge on any atom is 0.305 e. The molecule has 6 heteroatoms. The molecule has 3 N–H and O–H groups in total. The van der Waals surface area contributed by atoms with E-state index in [1.807, 2.05) is 6.08 Å². The quantitative estimate of drug-likeness (QED) is 0.0320. The molecule has 2 unspecified atom stereocenters. The summed E-state index contributed by atoms with van der Waals surface area (Å²) in [5.41, 5.74) is 0. The topological polar surface area (TPSA) is 95.9 Å². The third-order valence-corrected chi connectivity index (χ3v) is 16.5. The molecule has 0 aromatic carbocycles. The van der Waals surface area contributed by atoms with Crippen molar-refractivity contribution in [2.24, 2.45) is 0 Å². The Morgan fingerprint density at radius 2 is 0.610 bits per heavy atom. The molecule has 456 valence electrons. The number of esters is 1. The van der Waals surface area contributed by atoms with Gasteiger partial charge in [0.1, 0.15) is 0 Å². The molecule has 0 aliphatic carbocycles. The van der Waals surface area contributed by atoms with E-state index < -0.39 is 12.1 Å². The van der Waals surface area contributed by atoms with Crippen molar-refractivity contribution in [2.75, 3.05) is 13.2 Å². The number of hydrogen-bond acceptors (Lipinski definition) is 5. The van der Waals surface area contributed by atoms with Gasteiger partial charge in [0.05, 0.1) is 25.4 Å². The fourth-order valence-electron chi connectivity index (χ4n) is 11.1. The molecule has 0 spiro atoms. The van der Waals surface area contributed by atoms with Crippen LogP contribution in [0.2, 0.25) is 0 Å². The van der Waals surface area contributed by atoms with Gasteiger partial charge in [-0.2, -0.15) is 0 Å². The van der Waals surface area contributed by atoms with Gasteiger partial charge in [0, 0.05) is 12.8 Å². The fourth-order valence-corrected chi connectivity index (χ4v) is 11.1. The van der Waals surface area contributed by atoms with Gasteiger partial charge in [-0.25, -0.2) is 0 Å². The monoisotopic (exact) mass is 1080 g/mol. The lowest BCUT2D eigenvalue weighted by atomic mass is 10.0. The molecular weight excluding hydrogens is 947 g/mol. The standard InChI is InChI=1S/C71H137NO5/c1-3-5-7-9-11-13-15-17-18-19-20-21-22-25-28-31-34-37-40-43-47-51-55-59-63-69(74)68(67-73)72-70(75)64-60-56-52-48-44-41-38-35-32-29-26-23-24-27-30-33-36-39-42-46-50-54-58-62-66-77-71(76)65-61-57-53-49-45-16-14-12-10-8-6-4-2/h12,14,59,63,68-69,73-74H,3-11,13,15-58,60-62,64-67H2,1-2H3,(H,72,75)/b14-12-,63-59+. The number of aliphatic hydroxyl groups is 2. The minimum Gasteiger partial charge on any atom is -0.466 e. The van der Waals surface area contributed by atoms with Crippen molar-refractivity contribution in [1.29, 1.82) is 0 Å². The normalized spacial score (nSPS) is 12.6. The van der Waals surface area contributed by atoms with E-state index in [0.717, 1.165) is 44.9 Å². The molecule has 0 saturated heterocycles.